The highest BCUT2D eigenvalue weighted by molar-refractivity contribution is 6.39. The maximum Gasteiger partial charge on any atom is 0.326 e. The maximum absolute atomic E-state index is 13.0. The molecule has 3 aromatic carbocycles. The summed E-state index contributed by atoms with van der Waals surface area (Å²) < 4.78 is 0. The lowest BCUT2D eigenvalue weighted by Crippen LogP contribution is -2.42. The van der Waals surface area contributed by atoms with Gasteiger partial charge in [-0.25, -0.2) is 4.79 Å². The van der Waals surface area contributed by atoms with Gasteiger partial charge in [0.2, 0.25) is 0 Å². The molecule has 176 valence electrons. The van der Waals surface area contributed by atoms with E-state index in [-0.39, 0.29) is 34.5 Å². The summed E-state index contributed by atoms with van der Waals surface area (Å²) in [5, 5.41) is 21.9. The minimum Gasteiger partial charge on any atom is -0.480 e. The Labute approximate surface area is 211 Å². The molecule has 2 atom stereocenters. The number of halogens is 2. The zero-order valence-electron chi connectivity index (χ0n) is 18.2. The predicted molar refractivity (Wildman–Crippen MR) is 132 cm³/mol. The SMILES string of the molecule is N#CC1CN(c2ccc(C[C@H](NC(=O)c3c(Cl)cccc3Cl)C(=O)O)cc2)C(=O)c2ccccc21. The molecule has 2 N–H and O–H groups in total. The lowest BCUT2D eigenvalue weighted by atomic mass is 9.90. The molecule has 1 aliphatic rings. The first kappa shape index (κ1) is 24.3. The van der Waals surface area contributed by atoms with Gasteiger partial charge in [-0.3, -0.25) is 9.59 Å². The average molecular weight is 508 g/mol. The van der Waals surface area contributed by atoms with Gasteiger partial charge in [-0.05, 0) is 41.5 Å². The van der Waals surface area contributed by atoms with Gasteiger partial charge < -0.3 is 15.3 Å². The van der Waals surface area contributed by atoms with Gasteiger partial charge in [0.1, 0.15) is 6.04 Å². The zero-order valence-corrected chi connectivity index (χ0v) is 19.8. The highest BCUT2D eigenvalue weighted by Crippen LogP contribution is 2.31. The van der Waals surface area contributed by atoms with Crippen molar-refractivity contribution in [2.24, 2.45) is 0 Å². The lowest BCUT2D eigenvalue weighted by molar-refractivity contribution is -0.139. The second kappa shape index (κ2) is 10.2. The number of nitrogens with one attached hydrogen (secondary N) is 1. The van der Waals surface area contributed by atoms with Gasteiger partial charge in [-0.2, -0.15) is 5.26 Å². The second-order valence-corrected chi connectivity index (χ2v) is 8.83. The van der Waals surface area contributed by atoms with E-state index in [1.54, 1.807) is 54.6 Å². The molecular weight excluding hydrogens is 489 g/mol. The van der Waals surface area contributed by atoms with Gasteiger partial charge in [-0.15, -0.1) is 0 Å². The topological polar surface area (TPSA) is 110 Å². The molecule has 0 radical (unpaired) electrons. The molecule has 0 aliphatic carbocycles. The molecule has 2 amide bonds. The maximum atomic E-state index is 13.0. The fourth-order valence-corrected chi connectivity index (χ4v) is 4.60. The van der Waals surface area contributed by atoms with Crippen LogP contribution < -0.4 is 10.2 Å². The van der Waals surface area contributed by atoms with Crippen LogP contribution in [-0.4, -0.2) is 35.5 Å². The molecule has 0 saturated carbocycles. The smallest absolute Gasteiger partial charge is 0.326 e. The van der Waals surface area contributed by atoms with E-state index in [1.807, 2.05) is 0 Å². The Morgan fingerprint density at radius 2 is 1.71 bits per heavy atom. The van der Waals surface area contributed by atoms with Crippen molar-refractivity contribution in [1.82, 2.24) is 5.32 Å². The van der Waals surface area contributed by atoms with Crippen LogP contribution in [0.15, 0.2) is 66.7 Å². The van der Waals surface area contributed by atoms with E-state index in [0.717, 1.165) is 0 Å². The summed E-state index contributed by atoms with van der Waals surface area (Å²) in [7, 11) is 0. The number of carboxylic acid groups (broad SMARTS) is 1. The lowest BCUT2D eigenvalue weighted by Gasteiger charge is -2.31. The van der Waals surface area contributed by atoms with Crippen LogP contribution in [0.1, 0.15) is 37.8 Å². The molecular formula is C26H19Cl2N3O4. The van der Waals surface area contributed by atoms with Gasteiger partial charge >= 0.3 is 5.97 Å². The van der Waals surface area contributed by atoms with E-state index in [9.17, 15) is 24.8 Å². The molecule has 4 rings (SSSR count). The number of aliphatic carboxylic acids is 1. The zero-order chi connectivity index (χ0) is 25.1. The quantitative estimate of drug-likeness (QED) is 0.502. The second-order valence-electron chi connectivity index (χ2n) is 8.02. The Kier molecular flexibility index (Phi) is 7.06. The third kappa shape index (κ3) is 4.99. The molecule has 3 aromatic rings. The van der Waals surface area contributed by atoms with Crippen molar-refractivity contribution in [3.63, 3.8) is 0 Å². The van der Waals surface area contributed by atoms with Gasteiger partial charge in [0, 0.05) is 24.2 Å². The fourth-order valence-electron chi connectivity index (χ4n) is 4.03. The first-order valence-corrected chi connectivity index (χ1v) is 11.4. The van der Waals surface area contributed by atoms with E-state index in [4.69, 9.17) is 23.2 Å². The summed E-state index contributed by atoms with van der Waals surface area (Å²) >= 11 is 12.1. The third-order valence-electron chi connectivity index (χ3n) is 5.81. The summed E-state index contributed by atoms with van der Waals surface area (Å²) in [5.74, 6) is -2.56. The van der Waals surface area contributed by atoms with Gasteiger partial charge in [-0.1, -0.05) is 59.6 Å². The Balaban J connectivity index is 1.51. The number of fused-ring (bicyclic) bond motifs is 1. The first-order valence-electron chi connectivity index (χ1n) is 10.7. The summed E-state index contributed by atoms with van der Waals surface area (Å²) in [6.07, 6.45) is 0.00102. The van der Waals surface area contributed by atoms with Crippen LogP contribution in [-0.2, 0) is 11.2 Å². The van der Waals surface area contributed by atoms with Crippen LogP contribution in [0.5, 0.6) is 0 Å². The molecule has 1 aliphatic heterocycles. The molecule has 1 heterocycles. The van der Waals surface area contributed by atoms with Crippen LogP contribution >= 0.6 is 23.2 Å². The molecule has 0 saturated heterocycles. The van der Waals surface area contributed by atoms with Crippen LogP contribution in [0.2, 0.25) is 10.0 Å². The minimum absolute atomic E-state index is 0.00102. The fraction of sp³-hybridized carbons (Fsp3) is 0.154. The van der Waals surface area contributed by atoms with Crippen molar-refractivity contribution < 1.29 is 19.5 Å². The molecule has 0 aromatic heterocycles. The summed E-state index contributed by atoms with van der Waals surface area (Å²) in [6.45, 7) is 0.220. The molecule has 0 spiro atoms. The Morgan fingerprint density at radius 1 is 1.06 bits per heavy atom. The number of nitriles is 1. The van der Waals surface area contributed by atoms with Crippen molar-refractivity contribution in [3.8, 4) is 6.07 Å². The Morgan fingerprint density at radius 3 is 2.34 bits per heavy atom. The van der Waals surface area contributed by atoms with Crippen molar-refractivity contribution in [3.05, 3.63) is 99.0 Å². The summed E-state index contributed by atoms with van der Waals surface area (Å²) in [5.41, 5.74) is 2.43. The van der Waals surface area contributed by atoms with Crippen LogP contribution in [0.25, 0.3) is 0 Å². The number of anilines is 1. The number of benzene rings is 3. The standard InChI is InChI=1S/C26H19Cl2N3O4/c27-20-6-3-7-21(28)23(20)24(32)30-22(26(34)35)12-15-8-10-17(11-9-15)31-14-16(13-29)18-4-1-2-5-19(18)25(31)33/h1-11,16,22H,12,14H2,(H,30,32)(H,34,35)/t16?,22-/m0/s1. The molecule has 1 unspecified atom stereocenters. The number of carbonyl (C=O) groups is 3. The van der Waals surface area contributed by atoms with Crippen molar-refractivity contribution >= 4 is 46.7 Å². The van der Waals surface area contributed by atoms with Crippen molar-refractivity contribution in [2.45, 2.75) is 18.4 Å². The van der Waals surface area contributed by atoms with E-state index < -0.39 is 23.8 Å². The third-order valence-corrected chi connectivity index (χ3v) is 6.44. The molecule has 0 fully saturated rings. The Bertz CT molecular complexity index is 1330. The molecule has 0 bridgehead atoms. The molecule has 35 heavy (non-hydrogen) atoms. The van der Waals surface area contributed by atoms with Gasteiger partial charge in [0.05, 0.1) is 27.6 Å². The average Bonchev–Trinajstić information content (AvgIpc) is 2.84. The van der Waals surface area contributed by atoms with E-state index in [2.05, 4.69) is 11.4 Å². The minimum atomic E-state index is -1.23. The molecule has 7 nitrogen and oxygen atoms in total. The summed E-state index contributed by atoms with van der Waals surface area (Å²) in [4.78, 5) is 39.0. The largest absolute Gasteiger partial charge is 0.480 e. The van der Waals surface area contributed by atoms with E-state index in [1.165, 1.54) is 17.0 Å². The monoisotopic (exact) mass is 507 g/mol. The van der Waals surface area contributed by atoms with Crippen molar-refractivity contribution in [1.29, 1.82) is 5.26 Å². The highest BCUT2D eigenvalue weighted by Gasteiger charge is 2.32. The van der Waals surface area contributed by atoms with E-state index >= 15 is 0 Å². The van der Waals surface area contributed by atoms with Crippen LogP contribution in [0.4, 0.5) is 5.69 Å². The number of hydrogen-bond acceptors (Lipinski definition) is 4. The first-order chi connectivity index (χ1) is 16.8. The molecule has 9 heteroatoms. The summed E-state index contributed by atoms with van der Waals surface area (Å²) in [6, 6.07) is 19.4. The normalized spacial score (nSPS) is 15.6. The van der Waals surface area contributed by atoms with Gasteiger partial charge in [0.25, 0.3) is 11.8 Å². The van der Waals surface area contributed by atoms with Crippen molar-refractivity contribution in [2.75, 3.05) is 11.4 Å². The highest BCUT2D eigenvalue weighted by atomic mass is 35.5. The number of amides is 2. The van der Waals surface area contributed by atoms with E-state index in [0.29, 0.717) is 22.4 Å². The number of carboxylic acids is 1. The van der Waals surface area contributed by atoms with Gasteiger partial charge in [0.15, 0.2) is 0 Å². The number of nitrogens with zero attached hydrogens (tertiary/aromatic N) is 2. The van der Waals surface area contributed by atoms with Crippen LogP contribution in [0, 0.1) is 11.3 Å². The number of rotatable bonds is 6. The Hall–Kier alpha value is -3.86. The number of carbonyl (C=O) groups excluding carboxylic acids is 2. The number of hydrogen-bond donors (Lipinski definition) is 2. The predicted octanol–water partition coefficient (Wildman–Crippen LogP) is 4.69. The van der Waals surface area contributed by atoms with Crippen LogP contribution in [0.3, 0.4) is 0 Å².